The number of likely N-dealkylation sites (tertiary alicyclic amines) is 1. The van der Waals surface area contributed by atoms with Gasteiger partial charge in [-0.15, -0.1) is 0 Å². The minimum Gasteiger partial charge on any atom is -0.330 e. The molecule has 17 heavy (non-hydrogen) atoms. The fourth-order valence-corrected chi connectivity index (χ4v) is 2.50. The van der Waals surface area contributed by atoms with Crippen molar-refractivity contribution in [2.45, 2.75) is 19.4 Å². The van der Waals surface area contributed by atoms with Gasteiger partial charge in [-0.1, -0.05) is 18.2 Å². The molecule has 90 valence electrons. The summed E-state index contributed by atoms with van der Waals surface area (Å²) in [4.78, 5) is 2.41. The third-order valence-electron chi connectivity index (χ3n) is 3.47. The zero-order valence-corrected chi connectivity index (χ0v) is 10.1. The summed E-state index contributed by atoms with van der Waals surface area (Å²) in [6, 6.07) is 10.1. The van der Waals surface area contributed by atoms with Crippen LogP contribution in [0.4, 0.5) is 0 Å². The lowest BCUT2D eigenvalue weighted by atomic mass is 9.97. The predicted molar refractivity (Wildman–Crippen MR) is 68.2 cm³/mol. The Morgan fingerprint density at radius 3 is 3.00 bits per heavy atom. The van der Waals surface area contributed by atoms with E-state index in [2.05, 4.69) is 11.0 Å². The quantitative estimate of drug-likeness (QED) is 0.858. The Bertz CT molecular complexity index is 408. The van der Waals surface area contributed by atoms with Crippen LogP contribution in [0.5, 0.6) is 0 Å². The van der Waals surface area contributed by atoms with Gasteiger partial charge in [0, 0.05) is 13.1 Å². The van der Waals surface area contributed by atoms with Crippen molar-refractivity contribution in [3.8, 4) is 6.07 Å². The lowest BCUT2D eigenvalue weighted by Crippen LogP contribution is -2.37. The predicted octanol–water partition coefficient (Wildman–Crippen LogP) is 1.73. The summed E-state index contributed by atoms with van der Waals surface area (Å²) < 4.78 is 0. The van der Waals surface area contributed by atoms with Gasteiger partial charge in [-0.3, -0.25) is 4.90 Å². The molecule has 0 aromatic heterocycles. The number of hydrogen-bond donors (Lipinski definition) is 1. The number of benzene rings is 1. The van der Waals surface area contributed by atoms with Crippen molar-refractivity contribution in [1.29, 1.82) is 5.26 Å². The van der Waals surface area contributed by atoms with E-state index in [1.165, 1.54) is 12.8 Å². The molecule has 3 nitrogen and oxygen atoms in total. The van der Waals surface area contributed by atoms with Crippen LogP contribution in [0.15, 0.2) is 24.3 Å². The molecule has 3 heteroatoms. The van der Waals surface area contributed by atoms with Crippen molar-refractivity contribution >= 4 is 0 Å². The summed E-state index contributed by atoms with van der Waals surface area (Å²) in [5.74, 6) is 0.623. The van der Waals surface area contributed by atoms with E-state index in [9.17, 15) is 0 Å². The largest absolute Gasteiger partial charge is 0.330 e. The smallest absolute Gasteiger partial charge is 0.0995 e. The minimum atomic E-state index is 0.623. The molecule has 0 radical (unpaired) electrons. The molecular weight excluding hydrogens is 210 g/mol. The lowest BCUT2D eigenvalue weighted by Gasteiger charge is -2.32. The Labute approximate surface area is 103 Å². The molecule has 2 N–H and O–H groups in total. The third-order valence-corrected chi connectivity index (χ3v) is 3.47. The van der Waals surface area contributed by atoms with Gasteiger partial charge >= 0.3 is 0 Å². The van der Waals surface area contributed by atoms with Crippen LogP contribution < -0.4 is 5.73 Å². The maximum Gasteiger partial charge on any atom is 0.0995 e. The minimum absolute atomic E-state index is 0.623. The molecule has 2 rings (SSSR count). The second-order valence-corrected chi connectivity index (χ2v) is 4.75. The number of piperidine rings is 1. The van der Waals surface area contributed by atoms with Gasteiger partial charge in [0.25, 0.3) is 0 Å². The first-order valence-corrected chi connectivity index (χ1v) is 6.24. The van der Waals surface area contributed by atoms with Gasteiger partial charge in [0.15, 0.2) is 0 Å². The summed E-state index contributed by atoms with van der Waals surface area (Å²) >= 11 is 0. The van der Waals surface area contributed by atoms with E-state index in [0.717, 1.165) is 37.3 Å². The monoisotopic (exact) mass is 229 g/mol. The molecule has 0 unspecified atom stereocenters. The van der Waals surface area contributed by atoms with Crippen LogP contribution in [0.3, 0.4) is 0 Å². The van der Waals surface area contributed by atoms with Gasteiger partial charge < -0.3 is 5.73 Å². The molecular formula is C14H19N3. The number of nitrogens with zero attached hydrogens (tertiary/aromatic N) is 2. The van der Waals surface area contributed by atoms with E-state index in [1.54, 1.807) is 0 Å². The van der Waals surface area contributed by atoms with Crippen LogP contribution in [-0.2, 0) is 6.54 Å². The third kappa shape index (κ3) is 3.06. The molecule has 0 saturated carbocycles. The SMILES string of the molecule is N#Cc1ccccc1CN1CCC[C@@H](CN)C1. The van der Waals surface area contributed by atoms with Crippen LogP contribution >= 0.6 is 0 Å². The van der Waals surface area contributed by atoms with Crippen LogP contribution in [-0.4, -0.2) is 24.5 Å². The first-order valence-electron chi connectivity index (χ1n) is 6.24. The summed E-state index contributed by atoms with van der Waals surface area (Å²) in [6.07, 6.45) is 2.46. The van der Waals surface area contributed by atoms with Crippen molar-refractivity contribution in [3.63, 3.8) is 0 Å². The Hall–Kier alpha value is -1.37. The lowest BCUT2D eigenvalue weighted by molar-refractivity contribution is 0.171. The van der Waals surface area contributed by atoms with Gasteiger partial charge in [-0.05, 0) is 43.5 Å². The zero-order chi connectivity index (χ0) is 12.1. The van der Waals surface area contributed by atoms with Gasteiger partial charge in [0.2, 0.25) is 0 Å². The normalized spacial score (nSPS) is 21.1. The van der Waals surface area contributed by atoms with E-state index in [1.807, 2.05) is 24.3 Å². The van der Waals surface area contributed by atoms with Gasteiger partial charge in [-0.25, -0.2) is 0 Å². The van der Waals surface area contributed by atoms with E-state index >= 15 is 0 Å². The molecule has 1 atom stereocenters. The first kappa shape index (κ1) is 12.1. The van der Waals surface area contributed by atoms with E-state index < -0.39 is 0 Å². The van der Waals surface area contributed by atoms with E-state index in [-0.39, 0.29) is 0 Å². The average Bonchev–Trinajstić information content (AvgIpc) is 2.39. The summed E-state index contributed by atoms with van der Waals surface area (Å²) in [5, 5.41) is 9.06. The summed E-state index contributed by atoms with van der Waals surface area (Å²) in [5.41, 5.74) is 7.66. The van der Waals surface area contributed by atoms with Crippen LogP contribution in [0.1, 0.15) is 24.0 Å². The number of nitrogens with two attached hydrogens (primary N) is 1. The topological polar surface area (TPSA) is 53.0 Å². The Kier molecular flexibility index (Phi) is 4.13. The standard InChI is InChI=1S/C14H19N3/c15-8-12-4-3-7-17(10-12)11-14-6-2-1-5-13(14)9-16/h1-2,5-6,12H,3-4,7-8,10-11,15H2/t12-/m0/s1. The maximum atomic E-state index is 9.06. The van der Waals surface area contributed by atoms with Crippen molar-refractivity contribution in [2.75, 3.05) is 19.6 Å². The second-order valence-electron chi connectivity index (χ2n) is 4.75. The van der Waals surface area contributed by atoms with Crippen molar-refractivity contribution in [2.24, 2.45) is 11.7 Å². The van der Waals surface area contributed by atoms with Crippen LogP contribution in [0.25, 0.3) is 0 Å². The molecule has 1 aliphatic rings. The van der Waals surface area contributed by atoms with Crippen molar-refractivity contribution in [3.05, 3.63) is 35.4 Å². The molecule has 1 aliphatic heterocycles. The molecule has 1 aromatic rings. The highest BCUT2D eigenvalue weighted by Gasteiger charge is 2.19. The van der Waals surface area contributed by atoms with Gasteiger partial charge in [0.1, 0.15) is 0 Å². The second kappa shape index (κ2) is 5.81. The number of nitriles is 1. The van der Waals surface area contributed by atoms with Gasteiger partial charge in [-0.2, -0.15) is 5.26 Å². The fraction of sp³-hybridized carbons (Fsp3) is 0.500. The Morgan fingerprint density at radius 1 is 1.41 bits per heavy atom. The zero-order valence-electron chi connectivity index (χ0n) is 10.1. The van der Waals surface area contributed by atoms with Crippen molar-refractivity contribution < 1.29 is 0 Å². The van der Waals surface area contributed by atoms with Crippen molar-refractivity contribution in [1.82, 2.24) is 4.90 Å². The van der Waals surface area contributed by atoms with Gasteiger partial charge in [0.05, 0.1) is 11.6 Å². The molecule has 1 aromatic carbocycles. The molecule has 0 amide bonds. The maximum absolute atomic E-state index is 9.06. The average molecular weight is 229 g/mol. The fourth-order valence-electron chi connectivity index (χ4n) is 2.50. The highest BCUT2D eigenvalue weighted by molar-refractivity contribution is 5.37. The molecule has 0 bridgehead atoms. The molecule has 1 saturated heterocycles. The Balaban J connectivity index is 2.03. The van der Waals surface area contributed by atoms with Crippen LogP contribution in [0.2, 0.25) is 0 Å². The first-order chi connectivity index (χ1) is 8.33. The summed E-state index contributed by atoms with van der Waals surface area (Å²) in [7, 11) is 0. The highest BCUT2D eigenvalue weighted by atomic mass is 15.1. The van der Waals surface area contributed by atoms with E-state index in [0.29, 0.717) is 5.92 Å². The molecule has 1 fully saturated rings. The Morgan fingerprint density at radius 2 is 2.24 bits per heavy atom. The molecule has 0 spiro atoms. The van der Waals surface area contributed by atoms with E-state index in [4.69, 9.17) is 11.0 Å². The molecule has 0 aliphatic carbocycles. The van der Waals surface area contributed by atoms with Crippen LogP contribution in [0, 0.1) is 17.2 Å². The molecule has 1 heterocycles. The number of rotatable bonds is 3. The number of hydrogen-bond acceptors (Lipinski definition) is 3. The highest BCUT2D eigenvalue weighted by Crippen LogP contribution is 2.18. The summed E-state index contributed by atoms with van der Waals surface area (Å²) in [6.45, 7) is 3.84.